The van der Waals surface area contributed by atoms with Crippen LogP contribution in [-0.4, -0.2) is 16.5 Å². The van der Waals surface area contributed by atoms with Crippen molar-refractivity contribution in [2.45, 2.75) is 25.7 Å². The molecule has 0 amide bonds. The van der Waals surface area contributed by atoms with E-state index in [1.54, 1.807) is 12.1 Å². The Morgan fingerprint density at radius 2 is 2.14 bits per heavy atom. The molecule has 2 aromatic rings. The molecule has 110 valence electrons. The van der Waals surface area contributed by atoms with Gasteiger partial charge in [0.2, 0.25) is 0 Å². The van der Waals surface area contributed by atoms with Crippen molar-refractivity contribution < 1.29 is 4.39 Å². The van der Waals surface area contributed by atoms with Gasteiger partial charge in [-0.25, -0.2) is 14.4 Å². The minimum atomic E-state index is -0.438. The highest BCUT2D eigenvalue weighted by Gasteiger charge is 2.29. The number of hydrogen-bond donors (Lipinski definition) is 1. The van der Waals surface area contributed by atoms with Crippen molar-refractivity contribution in [3.8, 4) is 11.4 Å². The summed E-state index contributed by atoms with van der Waals surface area (Å²) < 4.78 is 14.2. The fourth-order valence-electron chi connectivity index (χ4n) is 2.14. The maximum absolute atomic E-state index is 13.3. The Kier molecular flexibility index (Phi) is 4.13. The molecule has 1 aromatic carbocycles. The SMILES string of the molecule is CCNc1nc(-c2ccc(F)c(Cl)c2)nc(C2CC2)c1Br. The lowest BCUT2D eigenvalue weighted by Crippen LogP contribution is -2.05. The second-order valence-electron chi connectivity index (χ2n) is 5.03. The summed E-state index contributed by atoms with van der Waals surface area (Å²) in [5.41, 5.74) is 1.73. The highest BCUT2D eigenvalue weighted by atomic mass is 79.9. The molecule has 0 radical (unpaired) electrons. The molecule has 6 heteroatoms. The van der Waals surface area contributed by atoms with Gasteiger partial charge in [0.05, 0.1) is 15.2 Å². The van der Waals surface area contributed by atoms with E-state index >= 15 is 0 Å². The first-order valence-corrected chi connectivity index (χ1v) is 8.04. The van der Waals surface area contributed by atoms with Gasteiger partial charge in [-0.1, -0.05) is 11.6 Å². The number of rotatable bonds is 4. The average molecular weight is 371 g/mol. The zero-order valence-electron chi connectivity index (χ0n) is 11.5. The Morgan fingerprint density at radius 1 is 1.38 bits per heavy atom. The first kappa shape index (κ1) is 14.7. The van der Waals surface area contributed by atoms with E-state index in [0.717, 1.165) is 40.9 Å². The van der Waals surface area contributed by atoms with Crippen molar-refractivity contribution in [1.29, 1.82) is 0 Å². The van der Waals surface area contributed by atoms with Crippen LogP contribution < -0.4 is 5.32 Å². The molecule has 0 saturated heterocycles. The van der Waals surface area contributed by atoms with Crippen molar-refractivity contribution in [2.75, 3.05) is 11.9 Å². The molecule has 0 bridgehead atoms. The monoisotopic (exact) mass is 369 g/mol. The van der Waals surface area contributed by atoms with E-state index in [1.807, 2.05) is 6.92 Å². The van der Waals surface area contributed by atoms with E-state index in [0.29, 0.717) is 11.7 Å². The molecule has 3 rings (SSSR count). The summed E-state index contributed by atoms with van der Waals surface area (Å²) in [6, 6.07) is 4.55. The first-order chi connectivity index (χ1) is 10.1. The predicted molar refractivity (Wildman–Crippen MR) is 86.3 cm³/mol. The second-order valence-corrected chi connectivity index (χ2v) is 6.23. The molecule has 1 heterocycles. The van der Waals surface area contributed by atoms with Gasteiger partial charge >= 0.3 is 0 Å². The van der Waals surface area contributed by atoms with E-state index in [9.17, 15) is 4.39 Å². The Morgan fingerprint density at radius 3 is 2.76 bits per heavy atom. The van der Waals surface area contributed by atoms with Gasteiger partial charge in [-0.05, 0) is 53.9 Å². The standard InChI is InChI=1S/C15H14BrClFN3/c1-2-19-15-12(16)13(8-3-4-8)20-14(21-15)9-5-6-11(18)10(17)7-9/h5-8H,2-4H2,1H3,(H,19,20,21). The van der Waals surface area contributed by atoms with E-state index in [4.69, 9.17) is 11.6 Å². The van der Waals surface area contributed by atoms with E-state index < -0.39 is 5.82 Å². The first-order valence-electron chi connectivity index (χ1n) is 6.87. The molecule has 21 heavy (non-hydrogen) atoms. The van der Waals surface area contributed by atoms with Crippen molar-refractivity contribution in [2.24, 2.45) is 0 Å². The van der Waals surface area contributed by atoms with Gasteiger partial charge in [0, 0.05) is 18.0 Å². The lowest BCUT2D eigenvalue weighted by atomic mass is 10.2. The minimum Gasteiger partial charge on any atom is -0.369 e. The van der Waals surface area contributed by atoms with Crippen LogP contribution in [0.1, 0.15) is 31.4 Å². The summed E-state index contributed by atoms with van der Waals surface area (Å²) >= 11 is 9.44. The topological polar surface area (TPSA) is 37.8 Å². The maximum Gasteiger partial charge on any atom is 0.161 e. The molecule has 1 fully saturated rings. The summed E-state index contributed by atoms with van der Waals surface area (Å²) in [4.78, 5) is 9.16. The number of nitrogens with one attached hydrogen (secondary N) is 1. The van der Waals surface area contributed by atoms with Gasteiger partial charge in [-0.3, -0.25) is 0 Å². The van der Waals surface area contributed by atoms with Crippen LogP contribution in [-0.2, 0) is 0 Å². The number of aromatic nitrogens is 2. The highest BCUT2D eigenvalue weighted by Crippen LogP contribution is 2.44. The van der Waals surface area contributed by atoms with Crippen LogP contribution in [0.2, 0.25) is 5.02 Å². The summed E-state index contributed by atoms with van der Waals surface area (Å²) in [6.07, 6.45) is 2.29. The van der Waals surface area contributed by atoms with Crippen LogP contribution in [0.25, 0.3) is 11.4 Å². The molecule has 0 atom stereocenters. The Bertz CT molecular complexity index is 689. The van der Waals surface area contributed by atoms with Gasteiger partial charge in [-0.15, -0.1) is 0 Å². The van der Waals surface area contributed by atoms with Crippen molar-refractivity contribution in [3.63, 3.8) is 0 Å². The molecule has 3 nitrogen and oxygen atoms in total. The van der Waals surface area contributed by atoms with Gasteiger partial charge in [0.25, 0.3) is 0 Å². The molecule has 1 aliphatic rings. The summed E-state index contributed by atoms with van der Waals surface area (Å²) in [5.74, 6) is 1.38. The van der Waals surface area contributed by atoms with Crippen LogP contribution in [0.15, 0.2) is 22.7 Å². The van der Waals surface area contributed by atoms with Gasteiger partial charge in [-0.2, -0.15) is 0 Å². The molecule has 1 N–H and O–H groups in total. The van der Waals surface area contributed by atoms with Crippen LogP contribution in [0.3, 0.4) is 0 Å². The highest BCUT2D eigenvalue weighted by molar-refractivity contribution is 9.10. The molecule has 1 aromatic heterocycles. The van der Waals surface area contributed by atoms with Crippen LogP contribution in [0, 0.1) is 5.82 Å². The van der Waals surface area contributed by atoms with Gasteiger partial charge in [0.15, 0.2) is 5.82 Å². The second kappa shape index (κ2) is 5.89. The van der Waals surface area contributed by atoms with E-state index in [1.165, 1.54) is 6.07 Å². The third-order valence-corrected chi connectivity index (χ3v) is 4.43. The van der Waals surface area contributed by atoms with E-state index in [-0.39, 0.29) is 5.02 Å². The van der Waals surface area contributed by atoms with Crippen LogP contribution in [0.5, 0.6) is 0 Å². The van der Waals surface area contributed by atoms with Gasteiger partial charge in [0.1, 0.15) is 11.6 Å². The number of halogens is 3. The predicted octanol–water partition coefficient (Wildman–Crippen LogP) is 5.01. The molecular weight excluding hydrogens is 357 g/mol. The number of anilines is 1. The smallest absolute Gasteiger partial charge is 0.161 e. The van der Waals surface area contributed by atoms with Crippen molar-refractivity contribution in [1.82, 2.24) is 9.97 Å². The third kappa shape index (κ3) is 3.04. The largest absolute Gasteiger partial charge is 0.369 e. The number of nitrogens with zero attached hydrogens (tertiary/aromatic N) is 2. The summed E-state index contributed by atoms with van der Waals surface area (Å²) in [5, 5.41) is 3.31. The Balaban J connectivity index is 2.10. The van der Waals surface area contributed by atoms with E-state index in [2.05, 4.69) is 31.2 Å². The number of hydrogen-bond acceptors (Lipinski definition) is 3. The molecule has 1 aliphatic carbocycles. The fourth-order valence-corrected chi connectivity index (χ4v) is 2.96. The molecular formula is C15H14BrClFN3. The van der Waals surface area contributed by atoms with Gasteiger partial charge < -0.3 is 5.32 Å². The molecule has 0 unspecified atom stereocenters. The molecule has 0 spiro atoms. The van der Waals surface area contributed by atoms with Crippen molar-refractivity contribution >= 4 is 33.3 Å². The third-order valence-electron chi connectivity index (χ3n) is 3.36. The molecule has 0 aliphatic heterocycles. The lowest BCUT2D eigenvalue weighted by Gasteiger charge is -2.12. The average Bonchev–Trinajstić information content (AvgIpc) is 3.29. The lowest BCUT2D eigenvalue weighted by molar-refractivity contribution is 0.628. The Hall–Kier alpha value is -1.20. The summed E-state index contributed by atoms with van der Waals surface area (Å²) in [6.45, 7) is 2.78. The number of benzene rings is 1. The van der Waals surface area contributed by atoms with Crippen LogP contribution in [0.4, 0.5) is 10.2 Å². The van der Waals surface area contributed by atoms with Crippen LogP contribution >= 0.6 is 27.5 Å². The normalized spacial score (nSPS) is 14.3. The zero-order chi connectivity index (χ0) is 15.0. The summed E-state index contributed by atoms with van der Waals surface area (Å²) in [7, 11) is 0. The Labute approximate surface area is 136 Å². The fraction of sp³-hybridized carbons (Fsp3) is 0.333. The molecule has 1 saturated carbocycles. The minimum absolute atomic E-state index is 0.0805. The quantitative estimate of drug-likeness (QED) is 0.822. The maximum atomic E-state index is 13.3. The van der Waals surface area contributed by atoms with Crippen molar-refractivity contribution in [3.05, 3.63) is 39.2 Å². The zero-order valence-corrected chi connectivity index (χ0v) is 13.8.